The Morgan fingerprint density at radius 3 is 2.64 bits per heavy atom. The Morgan fingerprint density at radius 1 is 1.64 bits per heavy atom. The largest absolute Gasteiger partial charge is 0.478 e. The summed E-state index contributed by atoms with van der Waals surface area (Å²) in [7, 11) is 0. The average Bonchev–Trinajstić information content (AvgIpc) is 2.01. The normalized spacial score (nSPS) is 10.6. The minimum atomic E-state index is -2.82. The van der Waals surface area contributed by atoms with Crippen LogP contribution < -0.4 is 0 Å². The van der Waals surface area contributed by atoms with Crippen LogP contribution in [0.15, 0.2) is 10.7 Å². The van der Waals surface area contributed by atoms with Gasteiger partial charge in [0, 0.05) is 11.3 Å². The number of aryl methyl sites for hydroxylation is 1. The number of hydrogen-bond acceptors (Lipinski definition) is 2. The highest BCUT2D eigenvalue weighted by Gasteiger charge is 2.22. The molecular formula is C8H6BrF2NO2. The van der Waals surface area contributed by atoms with E-state index in [0.717, 1.165) is 6.07 Å². The van der Waals surface area contributed by atoms with E-state index in [1.54, 1.807) is 0 Å². The summed E-state index contributed by atoms with van der Waals surface area (Å²) in [5.74, 6) is -1.42. The molecule has 0 amide bonds. The fourth-order valence-corrected chi connectivity index (χ4v) is 1.72. The van der Waals surface area contributed by atoms with Gasteiger partial charge in [0.1, 0.15) is 10.2 Å². The molecule has 1 N–H and O–H groups in total. The first-order valence-corrected chi connectivity index (χ1v) is 4.41. The Kier molecular flexibility index (Phi) is 3.15. The molecule has 0 fully saturated rings. The number of carbonyl (C=O) groups is 1. The lowest BCUT2D eigenvalue weighted by atomic mass is 10.1. The SMILES string of the molecule is Cc1cc(C(F)F)c(C(=O)O)c(Br)n1. The number of carboxylic acid groups (broad SMARTS) is 1. The highest BCUT2D eigenvalue weighted by molar-refractivity contribution is 9.10. The lowest BCUT2D eigenvalue weighted by Crippen LogP contribution is -2.06. The Labute approximate surface area is 86.9 Å². The zero-order chi connectivity index (χ0) is 10.9. The first-order valence-electron chi connectivity index (χ1n) is 3.62. The molecule has 14 heavy (non-hydrogen) atoms. The van der Waals surface area contributed by atoms with Crippen LogP contribution in [0.3, 0.4) is 0 Å². The number of alkyl halides is 2. The van der Waals surface area contributed by atoms with E-state index in [0.29, 0.717) is 5.69 Å². The summed E-state index contributed by atoms with van der Waals surface area (Å²) in [4.78, 5) is 14.4. The first-order chi connectivity index (χ1) is 6.43. The standard InChI is InChI=1S/C8H6BrF2NO2/c1-3-2-4(7(10)11)5(8(13)14)6(9)12-3/h2,7H,1H3,(H,13,14). The number of pyridine rings is 1. The van der Waals surface area contributed by atoms with Gasteiger partial charge in [-0.1, -0.05) is 0 Å². The molecule has 0 bridgehead atoms. The third-order valence-electron chi connectivity index (χ3n) is 1.58. The highest BCUT2D eigenvalue weighted by atomic mass is 79.9. The monoisotopic (exact) mass is 265 g/mol. The molecule has 3 nitrogen and oxygen atoms in total. The lowest BCUT2D eigenvalue weighted by molar-refractivity contribution is 0.0682. The second-order valence-corrected chi connectivity index (χ2v) is 3.38. The minimum absolute atomic E-state index is 0.0692. The van der Waals surface area contributed by atoms with E-state index in [1.807, 2.05) is 0 Å². The molecule has 0 radical (unpaired) electrons. The van der Waals surface area contributed by atoms with Crippen LogP contribution in [0.25, 0.3) is 0 Å². The molecule has 0 unspecified atom stereocenters. The number of aromatic carboxylic acids is 1. The molecule has 6 heteroatoms. The summed E-state index contributed by atoms with van der Waals surface area (Å²) in [5.41, 5.74) is -0.653. The predicted octanol–water partition coefficient (Wildman–Crippen LogP) is 2.79. The van der Waals surface area contributed by atoms with E-state index in [-0.39, 0.29) is 4.60 Å². The van der Waals surface area contributed by atoms with Crippen molar-refractivity contribution in [3.05, 3.63) is 27.5 Å². The fraction of sp³-hybridized carbons (Fsp3) is 0.250. The van der Waals surface area contributed by atoms with Crippen molar-refractivity contribution in [2.45, 2.75) is 13.3 Å². The van der Waals surface area contributed by atoms with Gasteiger partial charge in [-0.3, -0.25) is 0 Å². The first kappa shape index (κ1) is 11.0. The molecule has 1 aromatic heterocycles. The van der Waals surface area contributed by atoms with Gasteiger partial charge in [-0.2, -0.15) is 0 Å². The molecule has 0 spiro atoms. The molecule has 0 aliphatic rings. The number of halogens is 3. The number of nitrogens with zero attached hydrogens (tertiary/aromatic N) is 1. The summed E-state index contributed by atoms with van der Waals surface area (Å²) in [6.45, 7) is 1.52. The van der Waals surface area contributed by atoms with Crippen LogP contribution in [0.2, 0.25) is 0 Å². The molecule has 1 heterocycles. The van der Waals surface area contributed by atoms with Gasteiger partial charge in [0.05, 0.1) is 0 Å². The molecule has 1 aromatic rings. The predicted molar refractivity (Wildman–Crippen MR) is 48.6 cm³/mol. The maximum Gasteiger partial charge on any atom is 0.338 e. The molecular weight excluding hydrogens is 260 g/mol. The molecule has 76 valence electrons. The zero-order valence-electron chi connectivity index (χ0n) is 7.09. The highest BCUT2D eigenvalue weighted by Crippen LogP contribution is 2.28. The second kappa shape index (κ2) is 4.00. The van der Waals surface area contributed by atoms with E-state index < -0.39 is 23.5 Å². The van der Waals surface area contributed by atoms with E-state index in [4.69, 9.17) is 5.11 Å². The minimum Gasteiger partial charge on any atom is -0.478 e. The van der Waals surface area contributed by atoms with Crippen molar-refractivity contribution in [1.29, 1.82) is 0 Å². The lowest BCUT2D eigenvalue weighted by Gasteiger charge is -2.07. The van der Waals surface area contributed by atoms with Gasteiger partial charge in [-0.15, -0.1) is 0 Å². The molecule has 0 saturated carbocycles. The second-order valence-electron chi connectivity index (χ2n) is 2.62. The number of carboxylic acids is 1. The molecule has 0 saturated heterocycles. The molecule has 0 aliphatic carbocycles. The van der Waals surface area contributed by atoms with Crippen LogP contribution in [0.5, 0.6) is 0 Å². The van der Waals surface area contributed by atoms with Gasteiger partial charge in [0.2, 0.25) is 0 Å². The van der Waals surface area contributed by atoms with Crippen LogP contribution in [0.1, 0.15) is 28.0 Å². The van der Waals surface area contributed by atoms with Crippen molar-refractivity contribution >= 4 is 21.9 Å². The van der Waals surface area contributed by atoms with Crippen molar-refractivity contribution in [3.8, 4) is 0 Å². The van der Waals surface area contributed by atoms with Gasteiger partial charge in [-0.25, -0.2) is 18.6 Å². The maximum atomic E-state index is 12.4. The van der Waals surface area contributed by atoms with Crippen molar-refractivity contribution in [2.75, 3.05) is 0 Å². The third-order valence-corrected chi connectivity index (χ3v) is 2.16. The zero-order valence-corrected chi connectivity index (χ0v) is 8.68. The Bertz CT molecular complexity index is 382. The molecule has 0 aromatic carbocycles. The third kappa shape index (κ3) is 2.06. The van der Waals surface area contributed by atoms with E-state index >= 15 is 0 Å². The van der Waals surface area contributed by atoms with Gasteiger partial charge in [0.15, 0.2) is 0 Å². The Hall–Kier alpha value is -1.04. The van der Waals surface area contributed by atoms with Crippen molar-refractivity contribution in [1.82, 2.24) is 4.98 Å². The number of aromatic nitrogens is 1. The summed E-state index contributed by atoms with van der Waals surface area (Å²) < 4.78 is 24.8. The smallest absolute Gasteiger partial charge is 0.338 e. The summed E-state index contributed by atoms with van der Waals surface area (Å²) >= 11 is 2.84. The van der Waals surface area contributed by atoms with E-state index in [1.165, 1.54) is 6.92 Å². The molecule has 0 aliphatic heterocycles. The van der Waals surface area contributed by atoms with E-state index in [9.17, 15) is 13.6 Å². The van der Waals surface area contributed by atoms with Gasteiger partial charge < -0.3 is 5.11 Å². The molecule has 0 atom stereocenters. The van der Waals surface area contributed by atoms with E-state index in [2.05, 4.69) is 20.9 Å². The van der Waals surface area contributed by atoms with Crippen LogP contribution >= 0.6 is 15.9 Å². The number of hydrogen-bond donors (Lipinski definition) is 1. The molecule has 1 rings (SSSR count). The van der Waals surface area contributed by atoms with Crippen molar-refractivity contribution in [2.24, 2.45) is 0 Å². The van der Waals surface area contributed by atoms with Gasteiger partial charge >= 0.3 is 5.97 Å². The van der Waals surface area contributed by atoms with Crippen LogP contribution in [-0.2, 0) is 0 Å². The summed E-state index contributed by atoms with van der Waals surface area (Å²) in [6.07, 6.45) is -2.82. The van der Waals surface area contributed by atoms with Gasteiger partial charge in [-0.05, 0) is 28.9 Å². The van der Waals surface area contributed by atoms with Crippen LogP contribution in [0, 0.1) is 6.92 Å². The van der Waals surface area contributed by atoms with Crippen molar-refractivity contribution in [3.63, 3.8) is 0 Å². The average molecular weight is 266 g/mol. The number of rotatable bonds is 2. The quantitative estimate of drug-likeness (QED) is 0.837. The maximum absolute atomic E-state index is 12.4. The van der Waals surface area contributed by atoms with Gasteiger partial charge in [0.25, 0.3) is 6.43 Å². The van der Waals surface area contributed by atoms with Crippen molar-refractivity contribution < 1.29 is 18.7 Å². The fourth-order valence-electron chi connectivity index (χ4n) is 1.04. The summed E-state index contributed by atoms with van der Waals surface area (Å²) in [6, 6.07) is 1.07. The van der Waals surface area contributed by atoms with Crippen LogP contribution in [-0.4, -0.2) is 16.1 Å². The Morgan fingerprint density at radius 2 is 2.21 bits per heavy atom. The summed E-state index contributed by atoms with van der Waals surface area (Å²) in [5, 5.41) is 8.68. The topological polar surface area (TPSA) is 50.2 Å². The van der Waals surface area contributed by atoms with Crippen LogP contribution in [0.4, 0.5) is 8.78 Å². The Balaban J connectivity index is 3.44.